The predicted molar refractivity (Wildman–Crippen MR) is 109 cm³/mol. The van der Waals surface area contributed by atoms with Crippen LogP contribution >= 0.6 is 0 Å². The Kier molecular flexibility index (Phi) is 4.75. The molecule has 1 aromatic carbocycles. The van der Waals surface area contributed by atoms with Crippen molar-refractivity contribution in [2.45, 2.75) is 53.1 Å². The highest BCUT2D eigenvalue weighted by molar-refractivity contribution is 6.04. The second-order valence-corrected chi connectivity index (χ2v) is 8.72. The molecule has 0 aliphatic heterocycles. The van der Waals surface area contributed by atoms with Crippen LogP contribution in [-0.2, 0) is 6.42 Å². The van der Waals surface area contributed by atoms with Crippen LogP contribution in [0.4, 0.5) is 8.78 Å². The zero-order valence-corrected chi connectivity index (χ0v) is 17.3. The molecule has 2 N–H and O–H groups in total. The third-order valence-corrected chi connectivity index (χ3v) is 5.68. The minimum Gasteiger partial charge on any atom is -0.354 e. The van der Waals surface area contributed by atoms with Crippen molar-refractivity contribution in [3.8, 4) is 0 Å². The molecule has 3 aromatic rings. The Morgan fingerprint density at radius 1 is 1.27 bits per heavy atom. The number of amides is 1. The maximum absolute atomic E-state index is 13.7. The number of nitrogens with one attached hydrogen (secondary N) is 2. The number of carbonyl (C=O) groups excluding carboxylic acids is 2. The molecule has 0 fully saturated rings. The number of ketones is 1. The van der Waals surface area contributed by atoms with Gasteiger partial charge in [0.05, 0.1) is 17.1 Å². The van der Waals surface area contributed by atoms with Crippen molar-refractivity contribution in [1.82, 2.24) is 19.9 Å². The molecular formula is C22H24F2N4O2. The normalized spacial score (nSPS) is 16.7. The van der Waals surface area contributed by atoms with Gasteiger partial charge in [0.15, 0.2) is 5.78 Å². The SMILES string of the molecule is Cc1c(C(=O)NC(C)c2nc3ccccc3n2C(F)F)[nH]c2c1C(=O)CC(C)(C)C2. The van der Waals surface area contributed by atoms with Gasteiger partial charge >= 0.3 is 6.55 Å². The van der Waals surface area contributed by atoms with E-state index in [-0.39, 0.29) is 22.7 Å². The molecule has 30 heavy (non-hydrogen) atoms. The van der Waals surface area contributed by atoms with E-state index in [0.29, 0.717) is 35.0 Å². The molecule has 1 amide bonds. The van der Waals surface area contributed by atoms with Crippen LogP contribution in [-0.4, -0.2) is 26.2 Å². The molecule has 1 aliphatic carbocycles. The summed E-state index contributed by atoms with van der Waals surface area (Å²) < 4.78 is 28.3. The van der Waals surface area contributed by atoms with Crippen molar-refractivity contribution in [2.75, 3.05) is 0 Å². The first-order chi connectivity index (χ1) is 14.1. The van der Waals surface area contributed by atoms with Crippen molar-refractivity contribution >= 4 is 22.7 Å². The number of H-pyrrole nitrogens is 1. The number of benzene rings is 1. The van der Waals surface area contributed by atoms with Gasteiger partial charge in [-0.15, -0.1) is 0 Å². The lowest BCUT2D eigenvalue weighted by Gasteiger charge is -2.28. The number of aromatic nitrogens is 3. The molecule has 2 heterocycles. The summed E-state index contributed by atoms with van der Waals surface area (Å²) in [6.45, 7) is 4.59. The summed E-state index contributed by atoms with van der Waals surface area (Å²) in [5.74, 6) is -0.361. The first-order valence-corrected chi connectivity index (χ1v) is 9.89. The third-order valence-electron chi connectivity index (χ3n) is 5.68. The van der Waals surface area contributed by atoms with Gasteiger partial charge in [-0.1, -0.05) is 26.0 Å². The fraction of sp³-hybridized carbons (Fsp3) is 0.409. The second kappa shape index (κ2) is 7.04. The maximum atomic E-state index is 13.7. The topological polar surface area (TPSA) is 79.8 Å². The molecule has 0 radical (unpaired) electrons. The molecule has 4 rings (SSSR count). The Balaban J connectivity index is 1.65. The van der Waals surface area contributed by atoms with Gasteiger partial charge in [-0.3, -0.25) is 14.2 Å². The number of hydrogen-bond acceptors (Lipinski definition) is 3. The minimum atomic E-state index is -2.79. The van der Waals surface area contributed by atoms with Crippen LogP contribution in [0.3, 0.4) is 0 Å². The number of carbonyl (C=O) groups is 2. The van der Waals surface area contributed by atoms with Crippen LogP contribution in [0.25, 0.3) is 11.0 Å². The van der Waals surface area contributed by atoms with Crippen molar-refractivity contribution in [3.63, 3.8) is 0 Å². The lowest BCUT2D eigenvalue weighted by molar-refractivity contribution is 0.0687. The van der Waals surface area contributed by atoms with Gasteiger partial charge in [0, 0.05) is 17.7 Å². The summed E-state index contributed by atoms with van der Waals surface area (Å²) >= 11 is 0. The fourth-order valence-corrected chi connectivity index (χ4v) is 4.37. The molecule has 1 atom stereocenters. The molecule has 1 aliphatic rings. The van der Waals surface area contributed by atoms with Gasteiger partial charge in [-0.2, -0.15) is 8.78 Å². The van der Waals surface area contributed by atoms with Crippen molar-refractivity contribution in [2.24, 2.45) is 5.41 Å². The van der Waals surface area contributed by atoms with Crippen LogP contribution in [0.15, 0.2) is 24.3 Å². The van der Waals surface area contributed by atoms with E-state index < -0.39 is 18.5 Å². The summed E-state index contributed by atoms with van der Waals surface area (Å²) in [4.78, 5) is 32.9. The van der Waals surface area contributed by atoms with Crippen LogP contribution < -0.4 is 5.32 Å². The van der Waals surface area contributed by atoms with E-state index in [4.69, 9.17) is 0 Å². The summed E-state index contributed by atoms with van der Waals surface area (Å²) in [6, 6.07) is 5.86. The third kappa shape index (κ3) is 3.30. The highest BCUT2D eigenvalue weighted by Crippen LogP contribution is 2.37. The Morgan fingerprint density at radius 3 is 2.67 bits per heavy atom. The Morgan fingerprint density at radius 2 is 1.97 bits per heavy atom. The number of nitrogens with zero attached hydrogens (tertiary/aromatic N) is 2. The van der Waals surface area contributed by atoms with Gasteiger partial charge in [-0.05, 0) is 43.4 Å². The van der Waals surface area contributed by atoms with E-state index in [9.17, 15) is 18.4 Å². The first-order valence-electron chi connectivity index (χ1n) is 9.89. The molecule has 0 bridgehead atoms. The number of para-hydroxylation sites is 2. The zero-order chi connectivity index (χ0) is 21.8. The van der Waals surface area contributed by atoms with E-state index >= 15 is 0 Å². The van der Waals surface area contributed by atoms with E-state index in [1.54, 1.807) is 38.1 Å². The van der Waals surface area contributed by atoms with Crippen LogP contribution in [0.5, 0.6) is 0 Å². The molecule has 1 unspecified atom stereocenters. The number of alkyl halides is 2. The molecule has 8 heteroatoms. The first kappa shape index (κ1) is 20.3. The zero-order valence-electron chi connectivity index (χ0n) is 17.3. The summed E-state index contributed by atoms with van der Waals surface area (Å²) in [6.07, 6.45) is 1.09. The number of imidazole rings is 1. The average Bonchev–Trinajstić information content (AvgIpc) is 3.18. The van der Waals surface area contributed by atoms with Crippen molar-refractivity contribution in [1.29, 1.82) is 0 Å². The van der Waals surface area contributed by atoms with Gasteiger partial charge in [0.25, 0.3) is 5.91 Å². The molecule has 2 aromatic heterocycles. The molecule has 6 nitrogen and oxygen atoms in total. The monoisotopic (exact) mass is 414 g/mol. The Labute approximate surface area is 172 Å². The lowest BCUT2D eigenvalue weighted by atomic mass is 9.75. The van der Waals surface area contributed by atoms with Crippen LogP contribution in [0.2, 0.25) is 0 Å². The summed E-state index contributed by atoms with van der Waals surface area (Å²) in [5.41, 5.74) is 2.79. The number of Topliss-reactive ketones (excluding diaryl/α,β-unsaturated/α-hetero) is 1. The highest BCUT2D eigenvalue weighted by Gasteiger charge is 2.35. The van der Waals surface area contributed by atoms with Gasteiger partial charge in [-0.25, -0.2) is 4.98 Å². The average molecular weight is 414 g/mol. The molecule has 0 saturated heterocycles. The van der Waals surface area contributed by atoms with Gasteiger partial charge in [0.2, 0.25) is 0 Å². The number of fused-ring (bicyclic) bond motifs is 2. The maximum Gasteiger partial charge on any atom is 0.320 e. The molecule has 158 valence electrons. The molecule has 0 spiro atoms. The second-order valence-electron chi connectivity index (χ2n) is 8.72. The standard InChI is InChI=1S/C22H24F2N4O2/c1-11-17-14(9-22(3,4)10-16(17)29)26-18(11)20(30)25-12(2)19-27-13-7-5-6-8-15(13)28(19)21(23)24/h5-8,12,21,26H,9-10H2,1-4H3,(H,25,30). The Hall–Kier alpha value is -3.03. The quantitative estimate of drug-likeness (QED) is 0.649. The predicted octanol–water partition coefficient (Wildman–Crippen LogP) is 4.71. The van der Waals surface area contributed by atoms with Gasteiger partial charge in [0.1, 0.15) is 11.5 Å². The Bertz CT molecular complexity index is 1160. The van der Waals surface area contributed by atoms with E-state index in [1.807, 2.05) is 13.8 Å². The smallest absolute Gasteiger partial charge is 0.320 e. The minimum absolute atomic E-state index is 0.0154. The fourth-order valence-electron chi connectivity index (χ4n) is 4.37. The van der Waals surface area contributed by atoms with Crippen molar-refractivity contribution in [3.05, 3.63) is 52.6 Å². The van der Waals surface area contributed by atoms with E-state index in [2.05, 4.69) is 15.3 Å². The number of aromatic amines is 1. The molecular weight excluding hydrogens is 390 g/mol. The van der Waals surface area contributed by atoms with Crippen LogP contribution in [0.1, 0.15) is 77.7 Å². The molecule has 0 saturated carbocycles. The summed E-state index contributed by atoms with van der Waals surface area (Å²) in [7, 11) is 0. The van der Waals surface area contributed by atoms with E-state index in [0.717, 1.165) is 10.3 Å². The highest BCUT2D eigenvalue weighted by atomic mass is 19.3. The number of rotatable bonds is 4. The number of halogens is 2. The largest absolute Gasteiger partial charge is 0.354 e. The number of hydrogen-bond donors (Lipinski definition) is 2. The lowest BCUT2D eigenvalue weighted by Crippen LogP contribution is -2.29. The summed E-state index contributed by atoms with van der Waals surface area (Å²) in [5, 5.41) is 2.76. The van der Waals surface area contributed by atoms with E-state index in [1.165, 1.54) is 0 Å². The van der Waals surface area contributed by atoms with Crippen molar-refractivity contribution < 1.29 is 18.4 Å². The van der Waals surface area contributed by atoms with Gasteiger partial charge < -0.3 is 10.3 Å². The van der Waals surface area contributed by atoms with Crippen LogP contribution in [0, 0.1) is 12.3 Å².